The predicted octanol–water partition coefficient (Wildman–Crippen LogP) is 1.98. The van der Waals surface area contributed by atoms with Crippen molar-refractivity contribution in [3.05, 3.63) is 36.2 Å². The molecule has 1 aliphatic heterocycles. The number of nitrogens with one attached hydrogen (secondary N) is 2. The lowest BCUT2D eigenvalue weighted by atomic mass is 10.3. The Morgan fingerprint density at radius 2 is 2.00 bits per heavy atom. The molecule has 1 heterocycles. The van der Waals surface area contributed by atoms with E-state index in [1.54, 1.807) is 0 Å². The number of allylic oxidation sites excluding steroid dienone is 3. The molecule has 19 heavy (non-hydrogen) atoms. The van der Waals surface area contributed by atoms with Crippen molar-refractivity contribution >= 4 is 8.07 Å². The second-order valence-corrected chi connectivity index (χ2v) is 11.2. The molecule has 0 atom stereocenters. The van der Waals surface area contributed by atoms with Crippen LogP contribution in [-0.2, 0) is 0 Å². The summed E-state index contributed by atoms with van der Waals surface area (Å²) in [6, 6.07) is 0. The number of rotatable bonds is 7. The summed E-state index contributed by atoms with van der Waals surface area (Å²) in [5, 5.41) is 6.76. The summed E-state index contributed by atoms with van der Waals surface area (Å²) in [6.07, 6.45) is 6.18. The molecule has 108 valence electrons. The number of hydrogen-bond acceptors (Lipinski definition) is 3. The van der Waals surface area contributed by atoms with Crippen LogP contribution < -0.4 is 10.6 Å². The summed E-state index contributed by atoms with van der Waals surface area (Å²) < 4.78 is 0. The zero-order valence-electron chi connectivity index (χ0n) is 12.7. The highest BCUT2D eigenvalue weighted by Gasteiger charge is 2.08. The molecule has 0 radical (unpaired) electrons. The van der Waals surface area contributed by atoms with Crippen LogP contribution >= 0.6 is 0 Å². The van der Waals surface area contributed by atoms with Crippen molar-refractivity contribution in [3.63, 3.8) is 0 Å². The van der Waals surface area contributed by atoms with Crippen LogP contribution in [0.3, 0.4) is 0 Å². The Labute approximate surface area is 119 Å². The van der Waals surface area contributed by atoms with E-state index in [1.165, 1.54) is 5.57 Å². The van der Waals surface area contributed by atoms with Crippen molar-refractivity contribution in [2.75, 3.05) is 39.3 Å². The molecule has 0 spiro atoms. The van der Waals surface area contributed by atoms with E-state index in [9.17, 15) is 0 Å². The van der Waals surface area contributed by atoms with E-state index in [0.29, 0.717) is 0 Å². The average molecular weight is 280 g/mol. The first kappa shape index (κ1) is 16.2. The van der Waals surface area contributed by atoms with Crippen molar-refractivity contribution in [3.8, 4) is 0 Å². The van der Waals surface area contributed by atoms with Gasteiger partial charge in [0.1, 0.15) is 0 Å². The fourth-order valence-electron chi connectivity index (χ4n) is 1.87. The number of piperazine rings is 1. The Bertz CT molecular complexity index is 323. The molecule has 0 bridgehead atoms. The summed E-state index contributed by atoms with van der Waals surface area (Å²) in [5.41, 5.74) is 3.51. The van der Waals surface area contributed by atoms with Gasteiger partial charge in [-0.2, -0.15) is 0 Å². The minimum Gasteiger partial charge on any atom is -0.389 e. The van der Waals surface area contributed by atoms with E-state index in [4.69, 9.17) is 0 Å². The molecule has 0 saturated carbocycles. The van der Waals surface area contributed by atoms with E-state index in [1.807, 2.05) is 6.08 Å². The first-order valence-corrected chi connectivity index (χ1v) is 10.8. The molecule has 0 amide bonds. The molecular weight excluding hydrogens is 250 g/mol. The quantitative estimate of drug-likeness (QED) is 0.424. The second-order valence-electron chi connectivity index (χ2n) is 6.09. The molecule has 0 unspecified atom stereocenters. The van der Waals surface area contributed by atoms with Gasteiger partial charge in [-0.1, -0.05) is 44.1 Å². The smallest absolute Gasteiger partial charge is 0.0687 e. The van der Waals surface area contributed by atoms with Crippen molar-refractivity contribution in [2.45, 2.75) is 19.6 Å². The summed E-state index contributed by atoms with van der Waals surface area (Å²) in [7, 11) is -1.12. The largest absolute Gasteiger partial charge is 0.389 e. The monoisotopic (exact) mass is 279 g/mol. The van der Waals surface area contributed by atoms with Crippen LogP contribution in [0.2, 0.25) is 19.6 Å². The normalized spacial score (nSPS) is 18.8. The lowest BCUT2D eigenvalue weighted by Gasteiger charge is -2.26. The third-order valence-electron chi connectivity index (χ3n) is 3.06. The standard InChI is InChI=1S/C15H29N3Si/c1-5-15(6-13-19(2,3)4)14-17-9-12-18-10-7-16-8-11-18/h5-6,13-14,16-17H,1,7-12H2,2-4H3/b13-6-,15-14+. The van der Waals surface area contributed by atoms with Crippen molar-refractivity contribution in [1.82, 2.24) is 15.5 Å². The van der Waals surface area contributed by atoms with Crippen LogP contribution in [0.15, 0.2) is 36.2 Å². The lowest BCUT2D eigenvalue weighted by molar-refractivity contribution is 0.244. The SMILES string of the molecule is C=CC(/C=C\[Si](C)(C)C)=C\NCCN1CCNCC1. The molecule has 0 aromatic heterocycles. The Morgan fingerprint density at radius 3 is 2.58 bits per heavy atom. The van der Waals surface area contributed by atoms with Gasteiger partial charge in [-0.3, -0.25) is 4.90 Å². The fraction of sp³-hybridized carbons (Fsp3) is 0.600. The molecule has 1 fully saturated rings. The molecule has 1 rings (SSSR count). The highest BCUT2D eigenvalue weighted by atomic mass is 28.3. The fourth-order valence-corrected chi connectivity index (χ4v) is 2.56. The maximum absolute atomic E-state index is 3.87. The van der Waals surface area contributed by atoms with Gasteiger partial charge < -0.3 is 10.6 Å². The molecule has 0 aliphatic carbocycles. The zero-order valence-corrected chi connectivity index (χ0v) is 13.7. The van der Waals surface area contributed by atoms with Gasteiger partial charge in [-0.25, -0.2) is 0 Å². The highest BCUT2D eigenvalue weighted by molar-refractivity contribution is 6.81. The van der Waals surface area contributed by atoms with E-state index in [2.05, 4.69) is 59.7 Å². The maximum Gasteiger partial charge on any atom is 0.0687 e. The topological polar surface area (TPSA) is 27.3 Å². The van der Waals surface area contributed by atoms with E-state index in [0.717, 1.165) is 39.3 Å². The first-order chi connectivity index (χ1) is 9.01. The summed E-state index contributed by atoms with van der Waals surface area (Å²) >= 11 is 0. The van der Waals surface area contributed by atoms with Crippen LogP contribution in [0.4, 0.5) is 0 Å². The summed E-state index contributed by atoms with van der Waals surface area (Å²) in [6.45, 7) is 17.5. The van der Waals surface area contributed by atoms with Gasteiger partial charge in [0.15, 0.2) is 0 Å². The van der Waals surface area contributed by atoms with Gasteiger partial charge in [0.05, 0.1) is 8.07 Å². The van der Waals surface area contributed by atoms with Crippen LogP contribution in [0.5, 0.6) is 0 Å². The molecule has 2 N–H and O–H groups in total. The summed E-state index contributed by atoms with van der Waals surface area (Å²) in [5.74, 6) is 0. The van der Waals surface area contributed by atoms with Gasteiger partial charge in [0.25, 0.3) is 0 Å². The van der Waals surface area contributed by atoms with Gasteiger partial charge >= 0.3 is 0 Å². The highest BCUT2D eigenvalue weighted by Crippen LogP contribution is 2.05. The molecular formula is C15H29N3Si. The van der Waals surface area contributed by atoms with Crippen molar-refractivity contribution in [2.24, 2.45) is 0 Å². The van der Waals surface area contributed by atoms with Crippen LogP contribution in [-0.4, -0.2) is 52.2 Å². The van der Waals surface area contributed by atoms with Gasteiger partial charge in [-0.05, 0) is 5.57 Å². The molecule has 0 aromatic carbocycles. The Hall–Kier alpha value is -0.843. The van der Waals surface area contributed by atoms with Crippen LogP contribution in [0.25, 0.3) is 0 Å². The Morgan fingerprint density at radius 1 is 1.32 bits per heavy atom. The summed E-state index contributed by atoms with van der Waals surface area (Å²) in [4.78, 5) is 2.49. The van der Waals surface area contributed by atoms with Crippen molar-refractivity contribution < 1.29 is 0 Å². The second kappa shape index (κ2) is 8.35. The first-order valence-electron chi connectivity index (χ1n) is 7.19. The molecule has 3 nitrogen and oxygen atoms in total. The predicted molar refractivity (Wildman–Crippen MR) is 88.1 cm³/mol. The number of hydrogen-bond donors (Lipinski definition) is 2. The molecule has 1 aliphatic rings. The van der Waals surface area contributed by atoms with E-state index >= 15 is 0 Å². The number of nitrogens with zero attached hydrogens (tertiary/aromatic N) is 1. The average Bonchev–Trinajstić information content (AvgIpc) is 2.38. The Kier molecular flexibility index (Phi) is 7.13. The van der Waals surface area contributed by atoms with Crippen LogP contribution in [0.1, 0.15) is 0 Å². The van der Waals surface area contributed by atoms with Gasteiger partial charge in [0.2, 0.25) is 0 Å². The molecule has 0 aromatic rings. The minimum absolute atomic E-state index is 0.998. The lowest BCUT2D eigenvalue weighted by Crippen LogP contribution is -2.45. The molecule has 4 heteroatoms. The zero-order chi connectivity index (χ0) is 14.1. The molecule has 1 saturated heterocycles. The van der Waals surface area contributed by atoms with E-state index < -0.39 is 8.07 Å². The third kappa shape index (κ3) is 8.03. The minimum atomic E-state index is -1.12. The van der Waals surface area contributed by atoms with Gasteiger partial charge in [0, 0.05) is 45.5 Å². The van der Waals surface area contributed by atoms with E-state index in [-0.39, 0.29) is 0 Å². The van der Waals surface area contributed by atoms with Crippen LogP contribution in [0, 0.1) is 0 Å². The third-order valence-corrected chi connectivity index (χ3v) is 4.23. The van der Waals surface area contributed by atoms with Gasteiger partial charge in [-0.15, -0.1) is 0 Å². The maximum atomic E-state index is 3.87. The Balaban J connectivity index is 2.28. The van der Waals surface area contributed by atoms with Crippen molar-refractivity contribution in [1.29, 1.82) is 0 Å².